The average molecular weight is 260 g/mol. The van der Waals surface area contributed by atoms with Crippen LogP contribution in [0.3, 0.4) is 0 Å². The summed E-state index contributed by atoms with van der Waals surface area (Å²) in [7, 11) is 0. The SMILES string of the molecule is Oc1cccc2c1CCC2NCCN1CCCCC1. The number of rotatable bonds is 4. The third-order valence-corrected chi connectivity index (χ3v) is 4.51. The molecule has 2 N–H and O–H groups in total. The zero-order chi connectivity index (χ0) is 13.1. The highest BCUT2D eigenvalue weighted by atomic mass is 16.3. The van der Waals surface area contributed by atoms with E-state index in [1.807, 2.05) is 6.07 Å². The van der Waals surface area contributed by atoms with E-state index >= 15 is 0 Å². The maximum absolute atomic E-state index is 9.84. The van der Waals surface area contributed by atoms with Crippen LogP contribution < -0.4 is 5.32 Å². The number of phenols is 1. The highest BCUT2D eigenvalue weighted by Crippen LogP contribution is 2.35. The zero-order valence-electron chi connectivity index (χ0n) is 11.6. The highest BCUT2D eigenvalue weighted by Gasteiger charge is 2.24. The Morgan fingerprint density at radius 1 is 1.21 bits per heavy atom. The maximum Gasteiger partial charge on any atom is 0.119 e. The Hall–Kier alpha value is -1.06. The molecule has 1 atom stereocenters. The molecule has 0 amide bonds. The number of hydrogen-bond donors (Lipinski definition) is 2. The molecule has 3 nitrogen and oxygen atoms in total. The van der Waals surface area contributed by atoms with Gasteiger partial charge >= 0.3 is 0 Å². The van der Waals surface area contributed by atoms with Crippen molar-refractivity contribution in [2.75, 3.05) is 26.2 Å². The fourth-order valence-corrected chi connectivity index (χ4v) is 3.43. The van der Waals surface area contributed by atoms with Crippen LogP contribution in [0.25, 0.3) is 0 Å². The number of fused-ring (bicyclic) bond motifs is 1. The Labute approximate surface area is 115 Å². The molecule has 19 heavy (non-hydrogen) atoms. The second-order valence-electron chi connectivity index (χ2n) is 5.79. The van der Waals surface area contributed by atoms with Gasteiger partial charge in [-0.25, -0.2) is 0 Å². The number of nitrogens with one attached hydrogen (secondary N) is 1. The Morgan fingerprint density at radius 2 is 2.05 bits per heavy atom. The van der Waals surface area contributed by atoms with Crippen molar-refractivity contribution in [3.05, 3.63) is 29.3 Å². The Balaban J connectivity index is 1.51. The van der Waals surface area contributed by atoms with Crippen LogP contribution in [0.15, 0.2) is 18.2 Å². The van der Waals surface area contributed by atoms with Gasteiger partial charge in [0.25, 0.3) is 0 Å². The van der Waals surface area contributed by atoms with Crippen molar-refractivity contribution in [1.82, 2.24) is 10.2 Å². The van der Waals surface area contributed by atoms with Gasteiger partial charge in [-0.15, -0.1) is 0 Å². The minimum absolute atomic E-state index is 0.437. The van der Waals surface area contributed by atoms with E-state index in [1.165, 1.54) is 37.9 Å². The van der Waals surface area contributed by atoms with E-state index in [-0.39, 0.29) is 0 Å². The van der Waals surface area contributed by atoms with E-state index in [4.69, 9.17) is 0 Å². The summed E-state index contributed by atoms with van der Waals surface area (Å²) in [6.07, 6.45) is 6.25. The predicted octanol–water partition coefficient (Wildman–Crippen LogP) is 2.46. The van der Waals surface area contributed by atoms with Crippen LogP contribution in [-0.2, 0) is 6.42 Å². The molecule has 1 saturated heterocycles. The molecule has 104 valence electrons. The summed E-state index contributed by atoms with van der Waals surface area (Å²) in [5.41, 5.74) is 2.46. The Morgan fingerprint density at radius 3 is 2.89 bits per heavy atom. The van der Waals surface area contributed by atoms with Crippen molar-refractivity contribution < 1.29 is 5.11 Å². The number of piperidine rings is 1. The number of phenolic OH excluding ortho intramolecular Hbond substituents is 1. The van der Waals surface area contributed by atoms with Crippen LogP contribution in [0.2, 0.25) is 0 Å². The molecular formula is C16H24N2O. The summed E-state index contributed by atoms with van der Waals surface area (Å²) < 4.78 is 0. The minimum atomic E-state index is 0.437. The minimum Gasteiger partial charge on any atom is -0.508 e. The van der Waals surface area contributed by atoms with Crippen LogP contribution in [0, 0.1) is 0 Å². The van der Waals surface area contributed by atoms with Crippen molar-refractivity contribution >= 4 is 0 Å². The molecule has 0 saturated carbocycles. The molecule has 1 aliphatic carbocycles. The van der Waals surface area contributed by atoms with Crippen molar-refractivity contribution in [2.45, 2.75) is 38.1 Å². The molecule has 1 heterocycles. The summed E-state index contributed by atoms with van der Waals surface area (Å²) in [6.45, 7) is 4.75. The number of aromatic hydroxyl groups is 1. The third kappa shape index (κ3) is 2.93. The summed E-state index contributed by atoms with van der Waals surface area (Å²) in [6, 6.07) is 6.35. The largest absolute Gasteiger partial charge is 0.508 e. The van der Waals surface area contributed by atoms with Crippen LogP contribution >= 0.6 is 0 Å². The number of hydrogen-bond acceptors (Lipinski definition) is 3. The van der Waals surface area contributed by atoms with E-state index in [0.29, 0.717) is 11.8 Å². The number of nitrogens with zero attached hydrogens (tertiary/aromatic N) is 1. The molecule has 3 rings (SSSR count). The van der Waals surface area contributed by atoms with Crippen LogP contribution in [0.5, 0.6) is 5.75 Å². The van der Waals surface area contributed by atoms with Crippen LogP contribution in [0.4, 0.5) is 0 Å². The lowest BCUT2D eigenvalue weighted by Gasteiger charge is -2.27. The molecule has 0 bridgehead atoms. The van der Waals surface area contributed by atoms with Gasteiger partial charge in [0.05, 0.1) is 0 Å². The molecule has 1 aromatic rings. The molecular weight excluding hydrogens is 236 g/mol. The first-order valence-corrected chi connectivity index (χ1v) is 7.61. The highest BCUT2D eigenvalue weighted by molar-refractivity contribution is 5.44. The van der Waals surface area contributed by atoms with E-state index < -0.39 is 0 Å². The van der Waals surface area contributed by atoms with Gasteiger partial charge in [0.15, 0.2) is 0 Å². The first kappa shape index (κ1) is 12.9. The summed E-state index contributed by atoms with van der Waals surface area (Å²) >= 11 is 0. The molecule has 1 aromatic carbocycles. The van der Waals surface area contributed by atoms with Gasteiger partial charge in [-0.05, 0) is 56.0 Å². The quantitative estimate of drug-likeness (QED) is 0.873. The monoisotopic (exact) mass is 260 g/mol. The lowest BCUT2D eigenvalue weighted by molar-refractivity contribution is 0.226. The van der Waals surface area contributed by atoms with Gasteiger partial charge in [-0.1, -0.05) is 18.6 Å². The molecule has 1 fully saturated rings. The van der Waals surface area contributed by atoms with Crippen LogP contribution in [0.1, 0.15) is 42.9 Å². The van der Waals surface area contributed by atoms with E-state index in [0.717, 1.165) is 31.5 Å². The van der Waals surface area contributed by atoms with Crippen molar-refractivity contribution in [3.8, 4) is 5.75 Å². The number of likely N-dealkylation sites (tertiary alicyclic amines) is 1. The van der Waals surface area contributed by atoms with E-state index in [1.54, 1.807) is 6.07 Å². The first-order valence-electron chi connectivity index (χ1n) is 7.61. The molecule has 0 spiro atoms. The first-order chi connectivity index (χ1) is 9.34. The predicted molar refractivity (Wildman–Crippen MR) is 77.5 cm³/mol. The molecule has 0 radical (unpaired) electrons. The lowest BCUT2D eigenvalue weighted by Crippen LogP contribution is -2.36. The number of benzene rings is 1. The standard InChI is InChI=1S/C16H24N2O/c19-16-6-4-5-13-14(16)7-8-15(13)17-9-12-18-10-2-1-3-11-18/h4-6,15,17,19H,1-3,7-12H2. The van der Waals surface area contributed by atoms with Gasteiger partial charge in [0.2, 0.25) is 0 Å². The topological polar surface area (TPSA) is 35.5 Å². The smallest absolute Gasteiger partial charge is 0.119 e. The summed E-state index contributed by atoms with van der Waals surface area (Å²) in [5, 5.41) is 13.5. The van der Waals surface area contributed by atoms with E-state index in [2.05, 4.69) is 16.3 Å². The van der Waals surface area contributed by atoms with Gasteiger partial charge < -0.3 is 15.3 Å². The van der Waals surface area contributed by atoms with Gasteiger partial charge in [-0.3, -0.25) is 0 Å². The lowest BCUT2D eigenvalue weighted by atomic mass is 10.1. The third-order valence-electron chi connectivity index (χ3n) is 4.51. The van der Waals surface area contributed by atoms with E-state index in [9.17, 15) is 5.11 Å². The molecule has 2 aliphatic rings. The molecule has 3 heteroatoms. The fourth-order valence-electron chi connectivity index (χ4n) is 3.43. The van der Waals surface area contributed by atoms with Crippen molar-refractivity contribution in [1.29, 1.82) is 0 Å². The summed E-state index contributed by atoms with van der Waals surface area (Å²) in [5.74, 6) is 0.470. The second-order valence-corrected chi connectivity index (χ2v) is 5.79. The van der Waals surface area contributed by atoms with Crippen molar-refractivity contribution in [3.63, 3.8) is 0 Å². The summed E-state index contributed by atoms with van der Waals surface area (Å²) in [4.78, 5) is 2.56. The Kier molecular flexibility index (Phi) is 4.04. The normalized spacial score (nSPS) is 23.5. The van der Waals surface area contributed by atoms with Crippen LogP contribution in [-0.4, -0.2) is 36.2 Å². The average Bonchev–Trinajstić information content (AvgIpc) is 2.85. The Bertz CT molecular complexity index is 427. The van der Waals surface area contributed by atoms with Crippen molar-refractivity contribution in [2.24, 2.45) is 0 Å². The molecule has 0 aromatic heterocycles. The van der Waals surface area contributed by atoms with Gasteiger partial charge in [0.1, 0.15) is 5.75 Å². The molecule has 1 unspecified atom stereocenters. The van der Waals surface area contributed by atoms with Gasteiger partial charge in [0, 0.05) is 19.1 Å². The second kappa shape index (κ2) is 5.93. The fraction of sp³-hybridized carbons (Fsp3) is 0.625. The maximum atomic E-state index is 9.84. The zero-order valence-corrected chi connectivity index (χ0v) is 11.6. The van der Waals surface area contributed by atoms with Gasteiger partial charge in [-0.2, -0.15) is 0 Å². The molecule has 1 aliphatic heterocycles.